The Labute approximate surface area is 75.9 Å². The van der Waals surface area contributed by atoms with E-state index in [4.69, 9.17) is 0 Å². The minimum absolute atomic E-state index is 0.440. The third kappa shape index (κ3) is 1.16. The van der Waals surface area contributed by atoms with Gasteiger partial charge in [0, 0.05) is 11.1 Å². The predicted octanol–water partition coefficient (Wildman–Crippen LogP) is 3.76. The van der Waals surface area contributed by atoms with Crippen LogP contribution < -0.4 is 0 Å². The third-order valence-electron chi connectivity index (χ3n) is 2.15. The maximum Gasteiger partial charge on any atom is 0.322 e. The van der Waals surface area contributed by atoms with Crippen molar-refractivity contribution < 1.29 is 26.3 Å². The van der Waals surface area contributed by atoms with Gasteiger partial charge in [-0.25, -0.2) is 8.78 Å². The molecule has 0 atom stereocenters. The molecule has 0 aromatic carbocycles. The van der Waals surface area contributed by atoms with Crippen LogP contribution in [0.5, 0.6) is 0 Å². The molecule has 80 valence electrons. The summed E-state index contributed by atoms with van der Waals surface area (Å²) in [5.74, 6) is -13.1. The van der Waals surface area contributed by atoms with Crippen molar-refractivity contribution >= 4 is 0 Å². The average Bonchev–Trinajstić information content (AvgIpc) is 2.11. The van der Waals surface area contributed by atoms with Crippen LogP contribution in [0.2, 0.25) is 0 Å². The fraction of sp³-hybridized carbons (Fsp3) is 0.500. The lowest BCUT2D eigenvalue weighted by atomic mass is 9.93. The zero-order valence-electron chi connectivity index (χ0n) is 7.27. The highest BCUT2D eigenvalue weighted by molar-refractivity contribution is 5.42. The minimum atomic E-state index is -4.27. The fourth-order valence-corrected chi connectivity index (χ4v) is 1.08. The molecule has 1 rings (SSSR count). The molecule has 0 radical (unpaired) electrons. The minimum Gasteiger partial charge on any atom is -0.205 e. The number of hydrogen-bond acceptors (Lipinski definition) is 0. The van der Waals surface area contributed by atoms with Gasteiger partial charge >= 0.3 is 11.8 Å². The molecule has 0 saturated heterocycles. The number of allylic oxidation sites excluding steroid dienone is 4. The topological polar surface area (TPSA) is 0 Å². The first-order valence-corrected chi connectivity index (χ1v) is 3.63. The van der Waals surface area contributed by atoms with Gasteiger partial charge in [0.25, 0.3) is 0 Å². The van der Waals surface area contributed by atoms with Crippen molar-refractivity contribution in [3.63, 3.8) is 0 Å². The first-order valence-electron chi connectivity index (χ1n) is 3.63. The molecule has 0 bridgehead atoms. The van der Waals surface area contributed by atoms with E-state index in [-0.39, 0.29) is 0 Å². The van der Waals surface area contributed by atoms with Crippen LogP contribution in [-0.2, 0) is 0 Å². The van der Waals surface area contributed by atoms with Crippen LogP contribution in [-0.4, -0.2) is 11.8 Å². The number of rotatable bonds is 0. The van der Waals surface area contributed by atoms with Crippen molar-refractivity contribution in [2.45, 2.75) is 25.7 Å². The quantitative estimate of drug-likeness (QED) is 0.541. The van der Waals surface area contributed by atoms with E-state index in [2.05, 4.69) is 0 Å². The molecule has 0 aromatic heterocycles. The van der Waals surface area contributed by atoms with Gasteiger partial charge < -0.3 is 0 Å². The molecule has 0 spiro atoms. The Morgan fingerprint density at radius 3 is 1.14 bits per heavy atom. The highest BCUT2D eigenvalue weighted by atomic mass is 19.3. The molecule has 0 saturated carbocycles. The van der Waals surface area contributed by atoms with Crippen LogP contribution >= 0.6 is 0 Å². The molecule has 0 aromatic rings. The van der Waals surface area contributed by atoms with Gasteiger partial charge in [-0.2, -0.15) is 17.6 Å². The Morgan fingerprint density at radius 2 is 0.929 bits per heavy atom. The molecule has 6 heteroatoms. The summed E-state index contributed by atoms with van der Waals surface area (Å²) in [4.78, 5) is 0. The third-order valence-corrected chi connectivity index (χ3v) is 2.15. The van der Waals surface area contributed by atoms with E-state index in [1.165, 1.54) is 0 Å². The van der Waals surface area contributed by atoms with Crippen LogP contribution in [0, 0.1) is 0 Å². The first-order chi connectivity index (χ1) is 6.13. The average molecular weight is 216 g/mol. The summed E-state index contributed by atoms with van der Waals surface area (Å²) in [5.41, 5.74) is -3.16. The standard InChI is InChI=1S/C8H6F6/c1-3-5(9)8(13,14)4(2)6(10)7(3,11)12/h1-2H3. The summed E-state index contributed by atoms with van der Waals surface area (Å²) in [7, 11) is 0. The van der Waals surface area contributed by atoms with Gasteiger partial charge in [0.1, 0.15) is 0 Å². The van der Waals surface area contributed by atoms with E-state index >= 15 is 0 Å². The van der Waals surface area contributed by atoms with E-state index in [1.54, 1.807) is 0 Å². The predicted molar refractivity (Wildman–Crippen MR) is 37.5 cm³/mol. The Morgan fingerprint density at radius 1 is 0.714 bits per heavy atom. The number of hydrogen-bond donors (Lipinski definition) is 0. The molecule has 0 nitrogen and oxygen atoms in total. The zero-order chi connectivity index (χ0) is 11.3. The van der Waals surface area contributed by atoms with Gasteiger partial charge in [-0.15, -0.1) is 0 Å². The van der Waals surface area contributed by atoms with Crippen LogP contribution in [0.15, 0.2) is 22.8 Å². The molecule has 0 fully saturated rings. The fourth-order valence-electron chi connectivity index (χ4n) is 1.08. The summed E-state index contributed by atoms with van der Waals surface area (Å²) in [5, 5.41) is 0. The maximum atomic E-state index is 12.8. The van der Waals surface area contributed by atoms with Crippen LogP contribution in [0.25, 0.3) is 0 Å². The van der Waals surface area contributed by atoms with E-state index in [0.29, 0.717) is 13.8 Å². The van der Waals surface area contributed by atoms with E-state index in [9.17, 15) is 26.3 Å². The lowest BCUT2D eigenvalue weighted by Gasteiger charge is -2.28. The number of alkyl halides is 4. The summed E-state index contributed by atoms with van der Waals surface area (Å²) in [6, 6.07) is 0. The van der Waals surface area contributed by atoms with Crippen molar-refractivity contribution in [3.8, 4) is 0 Å². The van der Waals surface area contributed by atoms with E-state index < -0.39 is 34.6 Å². The van der Waals surface area contributed by atoms with Gasteiger partial charge in [0.2, 0.25) is 0 Å². The summed E-state index contributed by atoms with van der Waals surface area (Å²) in [6.07, 6.45) is 0. The van der Waals surface area contributed by atoms with E-state index in [0.717, 1.165) is 0 Å². The Hall–Kier alpha value is -0.940. The Bertz CT molecular complexity index is 274. The molecule has 1 aliphatic carbocycles. The summed E-state index contributed by atoms with van der Waals surface area (Å²) < 4.78 is 76.5. The molecule has 1 aliphatic rings. The SMILES string of the molecule is CC1=C(F)C(F)(F)C(C)=C(F)C1(F)F. The van der Waals surface area contributed by atoms with Crippen LogP contribution in [0.3, 0.4) is 0 Å². The molecule has 0 N–H and O–H groups in total. The van der Waals surface area contributed by atoms with Crippen molar-refractivity contribution in [1.82, 2.24) is 0 Å². The van der Waals surface area contributed by atoms with Crippen LogP contribution in [0.1, 0.15) is 13.8 Å². The largest absolute Gasteiger partial charge is 0.322 e. The molecule has 0 aliphatic heterocycles. The highest BCUT2D eigenvalue weighted by Crippen LogP contribution is 2.49. The highest BCUT2D eigenvalue weighted by Gasteiger charge is 2.55. The molecule has 0 unspecified atom stereocenters. The van der Waals surface area contributed by atoms with Crippen molar-refractivity contribution in [1.29, 1.82) is 0 Å². The smallest absolute Gasteiger partial charge is 0.205 e. The normalized spacial score (nSPS) is 25.7. The van der Waals surface area contributed by atoms with Crippen molar-refractivity contribution in [2.24, 2.45) is 0 Å². The summed E-state index contributed by atoms with van der Waals surface area (Å²) >= 11 is 0. The van der Waals surface area contributed by atoms with Gasteiger partial charge in [-0.05, 0) is 13.8 Å². The lowest BCUT2D eigenvalue weighted by Crippen LogP contribution is -2.34. The van der Waals surface area contributed by atoms with Gasteiger partial charge in [0.15, 0.2) is 11.7 Å². The second kappa shape index (κ2) is 2.77. The molecule has 0 heterocycles. The van der Waals surface area contributed by atoms with Gasteiger partial charge in [-0.3, -0.25) is 0 Å². The Kier molecular flexibility index (Phi) is 2.21. The van der Waals surface area contributed by atoms with Gasteiger partial charge in [-0.1, -0.05) is 0 Å². The second-order valence-electron chi connectivity index (χ2n) is 3.03. The number of halogens is 6. The monoisotopic (exact) mass is 216 g/mol. The Balaban J connectivity index is 3.46. The molecular weight excluding hydrogens is 210 g/mol. The molecule has 14 heavy (non-hydrogen) atoms. The maximum absolute atomic E-state index is 12.8. The first kappa shape index (κ1) is 11.1. The van der Waals surface area contributed by atoms with E-state index in [1.807, 2.05) is 0 Å². The molecule has 0 amide bonds. The zero-order valence-corrected chi connectivity index (χ0v) is 7.27. The van der Waals surface area contributed by atoms with Crippen LogP contribution in [0.4, 0.5) is 26.3 Å². The van der Waals surface area contributed by atoms with Gasteiger partial charge in [0.05, 0.1) is 0 Å². The van der Waals surface area contributed by atoms with Crippen molar-refractivity contribution in [2.75, 3.05) is 0 Å². The summed E-state index contributed by atoms with van der Waals surface area (Å²) in [6.45, 7) is 0.879. The molecular formula is C8H6F6. The van der Waals surface area contributed by atoms with Crippen molar-refractivity contribution in [3.05, 3.63) is 22.8 Å². The lowest BCUT2D eigenvalue weighted by molar-refractivity contribution is -0.00202. The second-order valence-corrected chi connectivity index (χ2v) is 3.03.